The van der Waals surface area contributed by atoms with Gasteiger partial charge in [0, 0.05) is 44.6 Å². The first kappa shape index (κ1) is 23.3. The molecule has 13 heteroatoms. The second-order valence-electron chi connectivity index (χ2n) is 8.94. The number of nitrogens with one attached hydrogen (secondary N) is 1. The van der Waals surface area contributed by atoms with Crippen LogP contribution in [0.4, 0.5) is 11.8 Å². The van der Waals surface area contributed by atoms with Crippen molar-refractivity contribution in [2.24, 2.45) is 14.1 Å². The lowest BCUT2D eigenvalue weighted by atomic mass is 10.2. The number of imidazole rings is 1. The second kappa shape index (κ2) is 8.98. The summed E-state index contributed by atoms with van der Waals surface area (Å²) in [4.78, 5) is 61.9. The van der Waals surface area contributed by atoms with Gasteiger partial charge in [-0.15, -0.1) is 0 Å². The van der Waals surface area contributed by atoms with E-state index in [2.05, 4.69) is 42.1 Å². The SMILES string of the molecule is C[C@@H]1CCCN1c1ncc(-c2cncc(NC(=O)[C@H](C)n3cnc4c3c(=O)n(C)c(=O)n4C)n2)cn1. The molecule has 1 aliphatic rings. The molecular weight excluding hydrogens is 464 g/mol. The highest BCUT2D eigenvalue weighted by molar-refractivity contribution is 5.93. The number of anilines is 2. The molecule has 0 aromatic carbocycles. The summed E-state index contributed by atoms with van der Waals surface area (Å²) < 4.78 is 3.69. The van der Waals surface area contributed by atoms with Gasteiger partial charge in [-0.05, 0) is 26.7 Å². The summed E-state index contributed by atoms with van der Waals surface area (Å²) in [6.07, 6.45) is 10.0. The molecule has 1 aliphatic heterocycles. The van der Waals surface area contributed by atoms with Crippen LogP contribution >= 0.6 is 0 Å². The first-order valence-corrected chi connectivity index (χ1v) is 11.6. The topological polar surface area (TPSA) is 146 Å². The lowest BCUT2D eigenvalue weighted by Gasteiger charge is -2.20. The summed E-state index contributed by atoms with van der Waals surface area (Å²) >= 11 is 0. The number of carbonyl (C=O) groups excluding carboxylic acids is 1. The molecule has 0 radical (unpaired) electrons. The van der Waals surface area contributed by atoms with Crippen LogP contribution in [0.2, 0.25) is 0 Å². The van der Waals surface area contributed by atoms with E-state index in [0.717, 1.165) is 24.0 Å². The van der Waals surface area contributed by atoms with E-state index in [1.54, 1.807) is 25.5 Å². The van der Waals surface area contributed by atoms with Crippen LogP contribution in [0.1, 0.15) is 32.7 Å². The fraction of sp³-hybridized carbons (Fsp3) is 0.391. The van der Waals surface area contributed by atoms with Gasteiger partial charge in [0.2, 0.25) is 11.9 Å². The largest absolute Gasteiger partial charge is 0.338 e. The van der Waals surface area contributed by atoms with Gasteiger partial charge < -0.3 is 14.8 Å². The Balaban J connectivity index is 1.37. The van der Waals surface area contributed by atoms with Gasteiger partial charge in [0.05, 0.1) is 24.4 Å². The molecule has 1 N–H and O–H groups in total. The number of rotatable bonds is 5. The maximum absolute atomic E-state index is 13.0. The fourth-order valence-electron chi connectivity index (χ4n) is 4.41. The number of nitrogens with zero attached hydrogens (tertiary/aromatic N) is 9. The highest BCUT2D eigenvalue weighted by Gasteiger charge is 2.24. The van der Waals surface area contributed by atoms with Gasteiger partial charge in [0.15, 0.2) is 17.0 Å². The van der Waals surface area contributed by atoms with Crippen LogP contribution in [-0.2, 0) is 18.9 Å². The molecule has 0 bridgehead atoms. The Morgan fingerprint density at radius 3 is 2.53 bits per heavy atom. The molecule has 5 rings (SSSR count). The highest BCUT2D eigenvalue weighted by Crippen LogP contribution is 2.24. The molecule has 4 aromatic rings. The smallest absolute Gasteiger partial charge is 0.332 e. The summed E-state index contributed by atoms with van der Waals surface area (Å²) in [7, 11) is 2.91. The second-order valence-corrected chi connectivity index (χ2v) is 8.94. The third-order valence-corrected chi connectivity index (χ3v) is 6.60. The summed E-state index contributed by atoms with van der Waals surface area (Å²) in [5, 5.41) is 2.74. The van der Waals surface area contributed by atoms with Crippen molar-refractivity contribution in [2.45, 2.75) is 38.8 Å². The quantitative estimate of drug-likeness (QED) is 0.430. The maximum atomic E-state index is 13.0. The minimum atomic E-state index is -0.810. The number of carbonyl (C=O) groups is 1. The maximum Gasteiger partial charge on any atom is 0.332 e. The fourth-order valence-corrected chi connectivity index (χ4v) is 4.41. The molecule has 186 valence electrons. The predicted octanol–water partition coefficient (Wildman–Crippen LogP) is 0.869. The lowest BCUT2D eigenvalue weighted by molar-refractivity contribution is -0.118. The van der Waals surface area contributed by atoms with Crippen LogP contribution in [0.5, 0.6) is 0 Å². The summed E-state index contributed by atoms with van der Waals surface area (Å²) in [5.74, 6) is 0.504. The Bertz CT molecular complexity index is 1570. The minimum Gasteiger partial charge on any atom is -0.338 e. The molecule has 0 saturated carbocycles. The molecule has 5 heterocycles. The molecule has 36 heavy (non-hydrogen) atoms. The average Bonchev–Trinajstić information content (AvgIpc) is 3.52. The van der Waals surface area contributed by atoms with Gasteiger partial charge in [-0.25, -0.2) is 24.7 Å². The number of aromatic nitrogens is 8. The number of amides is 1. The number of hydrogen-bond donors (Lipinski definition) is 1. The van der Waals surface area contributed by atoms with Crippen LogP contribution in [0.15, 0.2) is 40.7 Å². The van der Waals surface area contributed by atoms with E-state index >= 15 is 0 Å². The van der Waals surface area contributed by atoms with Gasteiger partial charge in [-0.1, -0.05) is 0 Å². The molecular formula is C23H26N10O3. The van der Waals surface area contributed by atoms with E-state index in [1.165, 1.54) is 35.8 Å². The zero-order chi connectivity index (χ0) is 25.6. The molecule has 0 unspecified atom stereocenters. The number of hydrogen-bond acceptors (Lipinski definition) is 9. The van der Waals surface area contributed by atoms with Crippen molar-refractivity contribution < 1.29 is 4.79 Å². The third-order valence-electron chi connectivity index (χ3n) is 6.60. The Morgan fingerprint density at radius 2 is 1.83 bits per heavy atom. The molecule has 1 saturated heterocycles. The van der Waals surface area contributed by atoms with E-state index in [-0.39, 0.29) is 17.0 Å². The zero-order valence-corrected chi connectivity index (χ0v) is 20.4. The van der Waals surface area contributed by atoms with E-state index in [4.69, 9.17) is 0 Å². The molecule has 2 atom stereocenters. The normalized spacial score (nSPS) is 16.4. The molecule has 1 fully saturated rings. The standard InChI is InChI=1S/C23H26N10O3/c1-13-6-5-7-32(13)22-25-8-15(9-26-22)16-10-24-11-17(28-16)29-20(34)14(2)33-12-27-19-18(33)21(35)31(4)23(36)30(19)3/h8-14H,5-7H2,1-4H3,(H,28,29,34)/t13-,14+/m1/s1. The van der Waals surface area contributed by atoms with Crippen LogP contribution < -0.4 is 21.5 Å². The molecule has 13 nitrogen and oxygen atoms in total. The van der Waals surface area contributed by atoms with Gasteiger partial charge in [-0.2, -0.15) is 0 Å². The Kier molecular flexibility index (Phi) is 5.82. The van der Waals surface area contributed by atoms with E-state index in [1.807, 2.05) is 0 Å². The molecule has 1 amide bonds. The monoisotopic (exact) mass is 490 g/mol. The minimum absolute atomic E-state index is 0.159. The summed E-state index contributed by atoms with van der Waals surface area (Å²) in [5.41, 5.74) is 0.529. The van der Waals surface area contributed by atoms with Gasteiger partial charge in [0.25, 0.3) is 5.56 Å². The van der Waals surface area contributed by atoms with Gasteiger partial charge in [0.1, 0.15) is 6.04 Å². The van der Waals surface area contributed by atoms with Crippen molar-refractivity contribution >= 4 is 28.8 Å². The van der Waals surface area contributed by atoms with Crippen molar-refractivity contribution in [1.82, 2.24) is 38.6 Å². The van der Waals surface area contributed by atoms with Crippen molar-refractivity contribution in [1.29, 1.82) is 0 Å². The molecule has 0 spiro atoms. The molecule has 0 aliphatic carbocycles. The Morgan fingerprint density at radius 1 is 1.08 bits per heavy atom. The van der Waals surface area contributed by atoms with Crippen molar-refractivity contribution in [3.05, 3.63) is 52.0 Å². The summed E-state index contributed by atoms with van der Waals surface area (Å²) in [6, 6.07) is -0.399. The first-order chi connectivity index (χ1) is 17.3. The van der Waals surface area contributed by atoms with Crippen LogP contribution in [-0.4, -0.2) is 57.1 Å². The average molecular weight is 491 g/mol. The first-order valence-electron chi connectivity index (χ1n) is 11.6. The van der Waals surface area contributed by atoms with Gasteiger partial charge in [-0.3, -0.25) is 23.7 Å². The Hall–Kier alpha value is -4.42. The van der Waals surface area contributed by atoms with Crippen LogP contribution in [0.25, 0.3) is 22.4 Å². The van der Waals surface area contributed by atoms with E-state index in [9.17, 15) is 14.4 Å². The summed E-state index contributed by atoms with van der Waals surface area (Å²) in [6.45, 7) is 4.73. The lowest BCUT2D eigenvalue weighted by Crippen LogP contribution is -2.38. The number of fused-ring (bicyclic) bond motifs is 1. The van der Waals surface area contributed by atoms with Crippen LogP contribution in [0, 0.1) is 0 Å². The van der Waals surface area contributed by atoms with Crippen molar-refractivity contribution in [2.75, 3.05) is 16.8 Å². The third kappa shape index (κ3) is 3.91. The van der Waals surface area contributed by atoms with Crippen molar-refractivity contribution in [3.8, 4) is 11.3 Å². The van der Waals surface area contributed by atoms with Crippen molar-refractivity contribution in [3.63, 3.8) is 0 Å². The Labute approximate surface area is 205 Å². The zero-order valence-electron chi connectivity index (χ0n) is 20.4. The van der Waals surface area contributed by atoms with Crippen LogP contribution in [0.3, 0.4) is 0 Å². The van der Waals surface area contributed by atoms with E-state index in [0.29, 0.717) is 23.2 Å². The molecule has 4 aromatic heterocycles. The van der Waals surface area contributed by atoms with Gasteiger partial charge >= 0.3 is 5.69 Å². The highest BCUT2D eigenvalue weighted by atomic mass is 16.2. The number of aryl methyl sites for hydroxylation is 1. The van der Waals surface area contributed by atoms with E-state index < -0.39 is 23.2 Å². The predicted molar refractivity (Wildman–Crippen MR) is 133 cm³/mol.